The number of carbonyl (C=O) groups is 1. The van der Waals surface area contributed by atoms with Crippen molar-refractivity contribution in [3.8, 4) is 0 Å². The number of rotatable bonds is 5. The molecule has 3 saturated carbocycles. The van der Waals surface area contributed by atoms with Crippen molar-refractivity contribution in [3.63, 3.8) is 0 Å². The van der Waals surface area contributed by atoms with Gasteiger partial charge in [0, 0.05) is 5.92 Å². The van der Waals surface area contributed by atoms with Crippen molar-refractivity contribution in [1.29, 1.82) is 0 Å². The molecule has 2 heteroatoms. The third-order valence-electron chi connectivity index (χ3n) is 8.00. The molecule has 0 spiro atoms. The Hall–Kier alpha value is -0.0400. The summed E-state index contributed by atoms with van der Waals surface area (Å²) in [6.45, 7) is 2.34. The minimum atomic E-state index is -0.0776. The summed E-state index contributed by atoms with van der Waals surface area (Å²) in [5.74, 6) is 3.01. The second-order valence-electron chi connectivity index (χ2n) is 9.15. The van der Waals surface area contributed by atoms with Gasteiger partial charge in [-0.3, -0.25) is 4.79 Å². The standard InChI is InChI=1S/C22H37ClO/c1-2-6-17-7-11-19(12-8-17)22(15-4-3-5-16-22)20-13-9-18(10-14-20)21(23)24/h17-20H,2-16H2,1H3/t17?,18-,19?,20-. The molecule has 0 aliphatic heterocycles. The van der Waals surface area contributed by atoms with Crippen LogP contribution in [0, 0.1) is 29.1 Å². The summed E-state index contributed by atoms with van der Waals surface area (Å²) < 4.78 is 0. The van der Waals surface area contributed by atoms with Gasteiger partial charge in [-0.2, -0.15) is 0 Å². The van der Waals surface area contributed by atoms with Crippen molar-refractivity contribution < 1.29 is 4.79 Å². The summed E-state index contributed by atoms with van der Waals surface area (Å²) in [5.41, 5.74) is 0.621. The average Bonchev–Trinajstić information content (AvgIpc) is 2.63. The second-order valence-corrected chi connectivity index (χ2v) is 9.53. The number of halogens is 1. The predicted octanol–water partition coefficient (Wildman–Crippen LogP) is 7.12. The summed E-state index contributed by atoms with van der Waals surface area (Å²) in [5, 5.41) is -0.0776. The minimum absolute atomic E-state index is 0.0776. The van der Waals surface area contributed by atoms with Gasteiger partial charge in [-0.25, -0.2) is 0 Å². The van der Waals surface area contributed by atoms with Gasteiger partial charge in [0.25, 0.3) is 0 Å². The van der Waals surface area contributed by atoms with Gasteiger partial charge in [0.2, 0.25) is 5.24 Å². The number of carbonyl (C=O) groups excluding carboxylic acids is 1. The van der Waals surface area contributed by atoms with Crippen LogP contribution >= 0.6 is 11.6 Å². The molecule has 0 bridgehead atoms. The molecule has 0 aromatic heterocycles. The quantitative estimate of drug-likeness (QED) is 0.481. The molecule has 3 aliphatic carbocycles. The van der Waals surface area contributed by atoms with Gasteiger partial charge < -0.3 is 0 Å². The van der Waals surface area contributed by atoms with E-state index in [1.807, 2.05) is 0 Å². The molecular weight excluding hydrogens is 316 g/mol. The van der Waals surface area contributed by atoms with Crippen molar-refractivity contribution in [2.75, 3.05) is 0 Å². The molecule has 3 fully saturated rings. The maximum absolute atomic E-state index is 11.5. The molecule has 0 amide bonds. The van der Waals surface area contributed by atoms with Crippen LogP contribution in [0.2, 0.25) is 0 Å². The zero-order valence-corrected chi connectivity index (χ0v) is 16.5. The highest BCUT2D eigenvalue weighted by Crippen LogP contribution is 2.57. The Balaban J connectivity index is 1.66. The van der Waals surface area contributed by atoms with E-state index in [1.54, 1.807) is 0 Å². The molecule has 0 unspecified atom stereocenters. The monoisotopic (exact) mass is 352 g/mol. The largest absolute Gasteiger partial charge is 0.281 e. The Morgan fingerprint density at radius 2 is 1.42 bits per heavy atom. The van der Waals surface area contributed by atoms with Gasteiger partial charge in [0.15, 0.2) is 0 Å². The van der Waals surface area contributed by atoms with Gasteiger partial charge in [0.1, 0.15) is 0 Å². The normalized spacial score (nSPS) is 37.1. The Bertz CT molecular complexity index is 396. The summed E-state index contributed by atoms with van der Waals surface area (Å²) in [6, 6.07) is 0. The molecule has 3 rings (SSSR count). The Labute approximate surface area is 154 Å². The van der Waals surface area contributed by atoms with Crippen molar-refractivity contribution in [3.05, 3.63) is 0 Å². The first kappa shape index (κ1) is 18.7. The third kappa shape index (κ3) is 4.02. The molecular formula is C22H37ClO. The van der Waals surface area contributed by atoms with E-state index in [-0.39, 0.29) is 11.2 Å². The summed E-state index contributed by atoms with van der Waals surface area (Å²) in [7, 11) is 0. The first-order valence-corrected chi connectivity index (χ1v) is 11.2. The van der Waals surface area contributed by atoms with Crippen LogP contribution in [0.15, 0.2) is 0 Å². The van der Waals surface area contributed by atoms with Crippen LogP contribution in [0.1, 0.15) is 103 Å². The molecule has 138 valence electrons. The van der Waals surface area contributed by atoms with Crippen LogP contribution in [0.25, 0.3) is 0 Å². The van der Waals surface area contributed by atoms with Crippen molar-refractivity contribution in [2.45, 2.75) is 103 Å². The topological polar surface area (TPSA) is 17.1 Å². The molecule has 0 aromatic rings. The maximum Gasteiger partial charge on any atom is 0.224 e. The number of hydrogen-bond donors (Lipinski definition) is 0. The van der Waals surface area contributed by atoms with Gasteiger partial charge in [-0.15, -0.1) is 0 Å². The van der Waals surface area contributed by atoms with E-state index in [4.69, 9.17) is 11.6 Å². The zero-order valence-electron chi connectivity index (χ0n) is 15.7. The van der Waals surface area contributed by atoms with Crippen LogP contribution in [-0.4, -0.2) is 5.24 Å². The lowest BCUT2D eigenvalue weighted by Crippen LogP contribution is -2.43. The van der Waals surface area contributed by atoms with Crippen molar-refractivity contribution >= 4 is 16.8 Å². The van der Waals surface area contributed by atoms with Crippen LogP contribution < -0.4 is 0 Å². The first-order chi connectivity index (χ1) is 11.7. The molecule has 0 aromatic carbocycles. The smallest absolute Gasteiger partial charge is 0.224 e. The predicted molar refractivity (Wildman–Crippen MR) is 102 cm³/mol. The molecule has 1 nitrogen and oxygen atoms in total. The lowest BCUT2D eigenvalue weighted by atomic mass is 9.52. The van der Waals surface area contributed by atoms with E-state index >= 15 is 0 Å². The first-order valence-electron chi connectivity index (χ1n) is 10.8. The average molecular weight is 353 g/mol. The van der Waals surface area contributed by atoms with E-state index in [0.717, 1.165) is 30.6 Å². The van der Waals surface area contributed by atoms with Gasteiger partial charge >= 0.3 is 0 Å². The van der Waals surface area contributed by atoms with Gasteiger partial charge in [-0.1, -0.05) is 51.9 Å². The summed E-state index contributed by atoms with van der Waals surface area (Å²) in [4.78, 5) is 11.5. The minimum Gasteiger partial charge on any atom is -0.281 e. The number of hydrogen-bond acceptors (Lipinski definition) is 1. The Morgan fingerprint density at radius 1 is 0.875 bits per heavy atom. The Morgan fingerprint density at radius 3 is 1.92 bits per heavy atom. The van der Waals surface area contributed by atoms with Crippen LogP contribution in [0.3, 0.4) is 0 Å². The Kier molecular flexibility index (Phi) is 6.69. The van der Waals surface area contributed by atoms with Crippen molar-refractivity contribution in [1.82, 2.24) is 0 Å². The molecule has 0 N–H and O–H groups in total. The van der Waals surface area contributed by atoms with Gasteiger partial charge in [0.05, 0.1) is 0 Å². The molecule has 3 aliphatic rings. The lowest BCUT2D eigenvalue weighted by molar-refractivity contribution is -0.117. The van der Waals surface area contributed by atoms with Crippen LogP contribution in [0.5, 0.6) is 0 Å². The van der Waals surface area contributed by atoms with Crippen molar-refractivity contribution in [2.24, 2.45) is 29.1 Å². The van der Waals surface area contributed by atoms with E-state index in [9.17, 15) is 4.79 Å². The van der Waals surface area contributed by atoms with Gasteiger partial charge in [-0.05, 0) is 86.1 Å². The third-order valence-corrected chi connectivity index (χ3v) is 8.31. The molecule has 0 atom stereocenters. The molecule has 0 heterocycles. The highest BCUT2D eigenvalue weighted by atomic mass is 35.5. The highest BCUT2D eigenvalue weighted by Gasteiger charge is 2.47. The molecule has 0 radical (unpaired) electrons. The SMILES string of the molecule is CCCC1CCC(C2([C@H]3CC[C@H](C(=O)Cl)CC3)CCCCC2)CC1. The fourth-order valence-electron chi connectivity index (χ4n) is 6.69. The highest BCUT2D eigenvalue weighted by molar-refractivity contribution is 6.63. The fraction of sp³-hybridized carbons (Fsp3) is 0.955. The zero-order chi connectivity index (χ0) is 17.0. The second kappa shape index (κ2) is 8.56. The maximum atomic E-state index is 11.5. The van der Waals surface area contributed by atoms with E-state index in [1.165, 1.54) is 83.5 Å². The molecule has 24 heavy (non-hydrogen) atoms. The summed E-state index contributed by atoms with van der Waals surface area (Å²) in [6.07, 6.45) is 20.7. The fourth-order valence-corrected chi connectivity index (χ4v) is 6.91. The van der Waals surface area contributed by atoms with Crippen LogP contribution in [-0.2, 0) is 4.79 Å². The van der Waals surface area contributed by atoms with E-state index < -0.39 is 0 Å². The lowest BCUT2D eigenvalue weighted by Gasteiger charge is -2.53. The van der Waals surface area contributed by atoms with E-state index in [2.05, 4.69) is 6.92 Å². The summed E-state index contributed by atoms with van der Waals surface area (Å²) >= 11 is 5.78. The molecule has 0 saturated heterocycles. The van der Waals surface area contributed by atoms with E-state index in [0.29, 0.717) is 5.41 Å². The van der Waals surface area contributed by atoms with Crippen LogP contribution in [0.4, 0.5) is 0 Å².